The van der Waals surface area contributed by atoms with Gasteiger partial charge in [-0.1, -0.05) is 30.3 Å². The van der Waals surface area contributed by atoms with Gasteiger partial charge in [-0.3, -0.25) is 4.79 Å². The highest BCUT2D eigenvalue weighted by molar-refractivity contribution is 5.95. The van der Waals surface area contributed by atoms with Crippen molar-refractivity contribution in [1.29, 1.82) is 0 Å². The van der Waals surface area contributed by atoms with Gasteiger partial charge in [0.05, 0.1) is 45.5 Å². The second-order valence-corrected chi connectivity index (χ2v) is 7.29. The topological polar surface area (TPSA) is 74.6 Å². The summed E-state index contributed by atoms with van der Waals surface area (Å²) in [6.07, 6.45) is 0. The number of aromatic nitrogens is 2. The molecule has 0 fully saturated rings. The molecule has 0 aliphatic carbocycles. The lowest BCUT2D eigenvalue weighted by atomic mass is 10.1. The number of amides is 1. The van der Waals surface area contributed by atoms with Crippen LogP contribution in [0.2, 0.25) is 0 Å². The van der Waals surface area contributed by atoms with Crippen molar-refractivity contribution in [3.05, 3.63) is 83.4 Å². The number of halogens is 1. The van der Waals surface area contributed by atoms with Crippen LogP contribution in [-0.4, -0.2) is 36.8 Å². The highest BCUT2D eigenvalue weighted by Gasteiger charge is 2.18. The van der Waals surface area contributed by atoms with E-state index in [9.17, 15) is 9.18 Å². The maximum Gasteiger partial charge on any atom is 0.251 e. The van der Waals surface area contributed by atoms with Crippen LogP contribution in [0, 0.1) is 5.82 Å². The van der Waals surface area contributed by atoms with Gasteiger partial charge in [0.15, 0.2) is 11.5 Å². The average molecular weight is 449 g/mol. The number of imidazole rings is 1. The molecule has 0 unspecified atom stereocenters. The maximum absolute atomic E-state index is 14.3. The zero-order chi connectivity index (χ0) is 23.4. The number of hydrogen-bond acceptors (Lipinski definition) is 5. The summed E-state index contributed by atoms with van der Waals surface area (Å²) in [6.45, 7) is 0.446. The third-order valence-electron chi connectivity index (χ3n) is 5.35. The van der Waals surface area contributed by atoms with E-state index in [1.165, 1.54) is 27.4 Å². The molecule has 0 saturated carbocycles. The lowest BCUT2D eigenvalue weighted by molar-refractivity contribution is 0.0948. The summed E-state index contributed by atoms with van der Waals surface area (Å²) in [6, 6.07) is 17.4. The molecule has 4 rings (SSSR count). The monoisotopic (exact) mass is 449 g/mol. The standard InChI is InChI=1S/C25H24FN3O4/c1-31-21-12-17(13-22(32-2)24(21)33-3)25(30)27-14-23-28-19-10-6-7-11-20(19)29(23)15-16-8-4-5-9-18(16)26/h4-13H,14-15H2,1-3H3,(H,27,30). The van der Waals surface area contributed by atoms with Crippen molar-refractivity contribution in [2.75, 3.05) is 21.3 Å². The van der Waals surface area contributed by atoms with E-state index in [1.807, 2.05) is 28.8 Å². The Hall–Kier alpha value is -4.07. The molecule has 0 radical (unpaired) electrons. The Kier molecular flexibility index (Phi) is 6.44. The van der Waals surface area contributed by atoms with Gasteiger partial charge in [0.25, 0.3) is 5.91 Å². The van der Waals surface area contributed by atoms with Gasteiger partial charge >= 0.3 is 0 Å². The summed E-state index contributed by atoms with van der Waals surface area (Å²) >= 11 is 0. The quantitative estimate of drug-likeness (QED) is 0.437. The summed E-state index contributed by atoms with van der Waals surface area (Å²) in [5.41, 5.74) is 2.52. The van der Waals surface area contributed by atoms with Crippen molar-refractivity contribution in [3.63, 3.8) is 0 Å². The molecule has 1 N–H and O–H groups in total. The van der Waals surface area contributed by atoms with Crippen molar-refractivity contribution in [2.24, 2.45) is 0 Å². The molecular weight excluding hydrogens is 425 g/mol. The zero-order valence-corrected chi connectivity index (χ0v) is 18.6. The van der Waals surface area contributed by atoms with E-state index in [0.29, 0.717) is 40.7 Å². The third-order valence-corrected chi connectivity index (χ3v) is 5.35. The maximum atomic E-state index is 14.3. The van der Waals surface area contributed by atoms with E-state index in [4.69, 9.17) is 14.2 Å². The number of rotatable bonds is 8. The molecule has 8 heteroatoms. The fourth-order valence-electron chi connectivity index (χ4n) is 3.71. The fourth-order valence-corrected chi connectivity index (χ4v) is 3.71. The number of nitrogens with one attached hydrogen (secondary N) is 1. The van der Waals surface area contributed by atoms with Crippen molar-refractivity contribution >= 4 is 16.9 Å². The summed E-state index contributed by atoms with van der Waals surface area (Å²) in [5, 5.41) is 2.89. The molecule has 1 heterocycles. The molecule has 0 aliphatic heterocycles. The molecule has 1 amide bonds. The molecule has 170 valence electrons. The van der Waals surface area contributed by atoms with Crippen LogP contribution in [0.1, 0.15) is 21.7 Å². The van der Waals surface area contributed by atoms with E-state index >= 15 is 0 Å². The number of methoxy groups -OCH3 is 3. The van der Waals surface area contributed by atoms with Crippen LogP contribution in [0.3, 0.4) is 0 Å². The van der Waals surface area contributed by atoms with Gasteiger partial charge < -0.3 is 24.1 Å². The largest absolute Gasteiger partial charge is 0.493 e. The first-order valence-corrected chi connectivity index (χ1v) is 10.3. The van der Waals surface area contributed by atoms with Crippen molar-refractivity contribution < 1.29 is 23.4 Å². The van der Waals surface area contributed by atoms with E-state index in [1.54, 1.807) is 30.3 Å². The zero-order valence-electron chi connectivity index (χ0n) is 18.6. The Balaban J connectivity index is 1.62. The number of benzene rings is 3. The van der Waals surface area contributed by atoms with Crippen molar-refractivity contribution in [3.8, 4) is 17.2 Å². The first-order chi connectivity index (χ1) is 16.0. The number of ether oxygens (including phenoxy) is 3. The lowest BCUT2D eigenvalue weighted by Gasteiger charge is -2.14. The van der Waals surface area contributed by atoms with Gasteiger partial charge in [-0.25, -0.2) is 9.37 Å². The minimum atomic E-state index is -0.334. The van der Waals surface area contributed by atoms with E-state index in [-0.39, 0.29) is 18.3 Å². The molecule has 4 aromatic rings. The molecule has 0 aliphatic rings. The SMILES string of the molecule is COc1cc(C(=O)NCc2nc3ccccc3n2Cc2ccccc2F)cc(OC)c1OC. The lowest BCUT2D eigenvalue weighted by Crippen LogP contribution is -2.25. The number of fused-ring (bicyclic) bond motifs is 1. The van der Waals surface area contributed by atoms with Crippen LogP contribution in [0.15, 0.2) is 60.7 Å². The number of carbonyl (C=O) groups is 1. The van der Waals surface area contributed by atoms with Crippen LogP contribution in [0.5, 0.6) is 17.2 Å². The Morgan fingerprint density at radius 3 is 2.30 bits per heavy atom. The highest BCUT2D eigenvalue weighted by atomic mass is 19.1. The number of hydrogen-bond donors (Lipinski definition) is 1. The fraction of sp³-hybridized carbons (Fsp3) is 0.200. The van der Waals surface area contributed by atoms with Crippen molar-refractivity contribution in [1.82, 2.24) is 14.9 Å². The number of carbonyl (C=O) groups excluding carboxylic acids is 1. The van der Waals surface area contributed by atoms with Gasteiger partial charge in [-0.2, -0.15) is 0 Å². The number of para-hydroxylation sites is 2. The van der Waals surface area contributed by atoms with Crippen LogP contribution in [-0.2, 0) is 13.1 Å². The highest BCUT2D eigenvalue weighted by Crippen LogP contribution is 2.38. The Labute approximate surface area is 190 Å². The minimum absolute atomic E-state index is 0.151. The summed E-state index contributed by atoms with van der Waals surface area (Å²) in [7, 11) is 4.48. The predicted molar refractivity (Wildman–Crippen MR) is 123 cm³/mol. The molecule has 0 atom stereocenters. The Morgan fingerprint density at radius 1 is 0.970 bits per heavy atom. The third kappa shape index (κ3) is 4.45. The van der Waals surface area contributed by atoms with Crippen LogP contribution in [0.4, 0.5) is 4.39 Å². The van der Waals surface area contributed by atoms with Gasteiger partial charge in [0.1, 0.15) is 11.6 Å². The molecule has 3 aromatic carbocycles. The minimum Gasteiger partial charge on any atom is -0.493 e. The molecule has 0 saturated heterocycles. The van der Waals surface area contributed by atoms with Gasteiger partial charge in [0, 0.05) is 11.1 Å². The smallest absolute Gasteiger partial charge is 0.251 e. The predicted octanol–water partition coefficient (Wildman–Crippen LogP) is 4.18. The molecule has 0 spiro atoms. The van der Waals surface area contributed by atoms with Crippen molar-refractivity contribution in [2.45, 2.75) is 13.1 Å². The van der Waals surface area contributed by atoms with Gasteiger partial charge in [-0.05, 0) is 30.3 Å². The first kappa shape index (κ1) is 22.1. The summed E-state index contributed by atoms with van der Waals surface area (Å²) < 4.78 is 32.2. The van der Waals surface area contributed by atoms with E-state index in [2.05, 4.69) is 10.3 Å². The van der Waals surface area contributed by atoms with E-state index in [0.717, 1.165) is 11.0 Å². The number of nitrogens with zero attached hydrogens (tertiary/aromatic N) is 2. The van der Waals surface area contributed by atoms with Gasteiger partial charge in [-0.15, -0.1) is 0 Å². The molecule has 1 aromatic heterocycles. The first-order valence-electron chi connectivity index (χ1n) is 10.3. The van der Waals surface area contributed by atoms with E-state index < -0.39 is 0 Å². The molecule has 7 nitrogen and oxygen atoms in total. The summed E-state index contributed by atoms with van der Waals surface area (Å²) in [5.74, 6) is 1.16. The normalized spacial score (nSPS) is 10.8. The molecule has 0 bridgehead atoms. The van der Waals surface area contributed by atoms with Crippen LogP contribution >= 0.6 is 0 Å². The summed E-state index contributed by atoms with van der Waals surface area (Å²) in [4.78, 5) is 17.6. The Bertz CT molecular complexity index is 1280. The van der Waals surface area contributed by atoms with Gasteiger partial charge in [0.2, 0.25) is 5.75 Å². The molecular formula is C25H24FN3O4. The second-order valence-electron chi connectivity index (χ2n) is 7.29. The van der Waals surface area contributed by atoms with Crippen LogP contribution < -0.4 is 19.5 Å². The Morgan fingerprint density at radius 2 is 1.64 bits per heavy atom. The molecule has 33 heavy (non-hydrogen) atoms. The van der Waals surface area contributed by atoms with Crippen LogP contribution in [0.25, 0.3) is 11.0 Å². The second kappa shape index (κ2) is 9.60. The average Bonchev–Trinajstić information content (AvgIpc) is 3.20.